The van der Waals surface area contributed by atoms with Crippen LogP contribution < -0.4 is 16.2 Å². The van der Waals surface area contributed by atoms with Gasteiger partial charge in [0.2, 0.25) is 6.41 Å². The number of carbonyl (C=O) groups excluding carboxylic acids is 2. The van der Waals surface area contributed by atoms with Crippen LogP contribution >= 0.6 is 0 Å². The number of anilines is 1. The summed E-state index contributed by atoms with van der Waals surface area (Å²) in [7, 11) is 0. The van der Waals surface area contributed by atoms with Crippen molar-refractivity contribution in [3.63, 3.8) is 0 Å². The minimum Gasteiger partial charge on any atom is -0.478 e. The Morgan fingerprint density at radius 1 is 1.09 bits per heavy atom. The van der Waals surface area contributed by atoms with Gasteiger partial charge in [0.1, 0.15) is 5.69 Å². The molecule has 1 heterocycles. The van der Waals surface area contributed by atoms with E-state index in [1.54, 1.807) is 37.3 Å². The Morgan fingerprint density at radius 2 is 1.82 bits per heavy atom. The first-order chi connectivity index (χ1) is 15.9. The van der Waals surface area contributed by atoms with Crippen LogP contribution in [0, 0.1) is 0 Å². The van der Waals surface area contributed by atoms with E-state index < -0.39 is 11.5 Å². The van der Waals surface area contributed by atoms with E-state index in [1.165, 1.54) is 22.9 Å². The molecule has 0 aliphatic heterocycles. The first kappa shape index (κ1) is 21.9. The maximum Gasteiger partial charge on any atom is 0.335 e. The Balaban J connectivity index is 1.78. The van der Waals surface area contributed by atoms with Crippen LogP contribution in [0.4, 0.5) is 5.69 Å². The molecule has 0 radical (unpaired) electrons. The number of nitrogens with zero attached hydrogens (tertiary/aromatic N) is 2. The van der Waals surface area contributed by atoms with E-state index in [0.29, 0.717) is 35.3 Å². The summed E-state index contributed by atoms with van der Waals surface area (Å²) < 4.78 is 1.25. The van der Waals surface area contributed by atoms with Crippen molar-refractivity contribution in [2.75, 3.05) is 5.32 Å². The molecule has 168 valence electrons. The lowest BCUT2D eigenvalue weighted by Crippen LogP contribution is -2.25. The van der Waals surface area contributed by atoms with Crippen molar-refractivity contribution in [2.24, 2.45) is 0 Å². The molecule has 1 aliphatic rings. The summed E-state index contributed by atoms with van der Waals surface area (Å²) in [5.41, 5.74) is 2.34. The fraction of sp³-hybridized carbons (Fsp3) is 0.208. The van der Waals surface area contributed by atoms with Gasteiger partial charge in [0, 0.05) is 23.7 Å². The lowest BCUT2D eigenvalue weighted by atomic mass is 9.97. The molecule has 1 fully saturated rings. The highest BCUT2D eigenvalue weighted by Gasteiger charge is 2.24. The summed E-state index contributed by atoms with van der Waals surface area (Å²) in [5.74, 6) is -1.44. The molecule has 3 N–H and O–H groups in total. The third kappa shape index (κ3) is 4.82. The molecule has 2 aromatic carbocycles. The predicted octanol–water partition coefficient (Wildman–Crippen LogP) is 2.76. The van der Waals surface area contributed by atoms with Crippen LogP contribution in [0.1, 0.15) is 40.5 Å². The molecule has 0 spiro atoms. The van der Waals surface area contributed by atoms with Crippen LogP contribution in [0.5, 0.6) is 0 Å². The Hall–Kier alpha value is -4.27. The molecule has 1 aliphatic carbocycles. The zero-order valence-corrected chi connectivity index (χ0v) is 17.9. The van der Waals surface area contributed by atoms with Crippen LogP contribution in [0.2, 0.25) is 0 Å². The van der Waals surface area contributed by atoms with Gasteiger partial charge in [-0.05, 0) is 61.2 Å². The number of rotatable bonds is 8. The van der Waals surface area contributed by atoms with Gasteiger partial charge in [-0.3, -0.25) is 14.4 Å². The fourth-order valence-corrected chi connectivity index (χ4v) is 3.47. The highest BCUT2D eigenvalue weighted by molar-refractivity contribution is 5.99. The molecule has 33 heavy (non-hydrogen) atoms. The zero-order valence-electron chi connectivity index (χ0n) is 17.9. The molecular formula is C24H22N4O5. The third-order valence-electron chi connectivity index (χ3n) is 5.33. The average molecular weight is 446 g/mol. The fourth-order valence-electron chi connectivity index (χ4n) is 3.47. The zero-order chi connectivity index (χ0) is 23.5. The number of hydrogen-bond acceptors (Lipinski definition) is 5. The van der Waals surface area contributed by atoms with Crippen LogP contribution in [-0.4, -0.2) is 39.2 Å². The molecular weight excluding hydrogens is 424 g/mol. The van der Waals surface area contributed by atoms with E-state index in [-0.39, 0.29) is 28.8 Å². The van der Waals surface area contributed by atoms with Crippen LogP contribution in [0.15, 0.2) is 53.3 Å². The summed E-state index contributed by atoms with van der Waals surface area (Å²) in [6.45, 7) is 2.09. The molecule has 0 unspecified atom stereocenters. The van der Waals surface area contributed by atoms with Crippen LogP contribution in [-0.2, 0) is 11.3 Å². The topological polar surface area (TPSA) is 130 Å². The molecule has 2 amide bonds. The summed E-state index contributed by atoms with van der Waals surface area (Å²) in [6.07, 6.45) is 2.28. The number of carboxylic acid groups (broad SMARTS) is 1. The van der Waals surface area contributed by atoms with Gasteiger partial charge >= 0.3 is 5.97 Å². The Bertz CT molecular complexity index is 1310. The van der Waals surface area contributed by atoms with Gasteiger partial charge in [-0.15, -0.1) is 0 Å². The minimum absolute atomic E-state index is 0.00831. The largest absolute Gasteiger partial charge is 0.478 e. The van der Waals surface area contributed by atoms with Gasteiger partial charge in [-0.2, -0.15) is 5.10 Å². The van der Waals surface area contributed by atoms with Gasteiger partial charge in [-0.25, -0.2) is 9.48 Å². The van der Waals surface area contributed by atoms with Crippen molar-refractivity contribution in [3.8, 4) is 22.4 Å². The van der Waals surface area contributed by atoms with Crippen LogP contribution in [0.25, 0.3) is 22.4 Å². The molecule has 1 aromatic heterocycles. The number of hydrogen-bond donors (Lipinski definition) is 3. The van der Waals surface area contributed by atoms with Crippen molar-refractivity contribution < 1.29 is 19.5 Å². The average Bonchev–Trinajstić information content (AvgIpc) is 3.64. The number of benzene rings is 2. The second-order valence-corrected chi connectivity index (χ2v) is 7.76. The maximum atomic E-state index is 12.6. The smallest absolute Gasteiger partial charge is 0.335 e. The SMILES string of the molecule is CCn1nc(-c2cccc(-c3cc(C(=O)O)cc(C(=O)NC4CC4)c3)c2)cc(NC=O)c1=O. The highest BCUT2D eigenvalue weighted by atomic mass is 16.4. The van der Waals surface area contributed by atoms with Gasteiger partial charge < -0.3 is 15.7 Å². The quantitative estimate of drug-likeness (QED) is 0.456. The maximum absolute atomic E-state index is 12.6. The van der Waals surface area contributed by atoms with Gasteiger partial charge in [-0.1, -0.05) is 18.2 Å². The number of nitrogens with one attached hydrogen (secondary N) is 2. The van der Waals surface area contributed by atoms with E-state index in [1.807, 2.05) is 0 Å². The first-order valence-corrected chi connectivity index (χ1v) is 10.5. The second-order valence-electron chi connectivity index (χ2n) is 7.76. The number of carbonyl (C=O) groups is 3. The van der Waals surface area contributed by atoms with Crippen molar-refractivity contribution in [3.05, 3.63) is 70.0 Å². The Labute approximate surface area is 189 Å². The number of carboxylic acids is 1. The molecule has 0 saturated heterocycles. The normalized spacial score (nSPS) is 12.8. The highest BCUT2D eigenvalue weighted by Crippen LogP contribution is 2.28. The second kappa shape index (κ2) is 9.07. The van der Waals surface area contributed by atoms with Gasteiger partial charge in [0.25, 0.3) is 11.5 Å². The number of aromatic nitrogens is 2. The molecule has 3 aromatic rings. The molecule has 0 atom stereocenters. The summed E-state index contributed by atoms with van der Waals surface area (Å²) >= 11 is 0. The molecule has 0 bridgehead atoms. The number of aromatic carboxylic acids is 1. The third-order valence-corrected chi connectivity index (χ3v) is 5.33. The van der Waals surface area contributed by atoms with E-state index in [0.717, 1.165) is 12.8 Å². The van der Waals surface area contributed by atoms with E-state index >= 15 is 0 Å². The first-order valence-electron chi connectivity index (χ1n) is 10.5. The summed E-state index contributed by atoms with van der Waals surface area (Å²) in [4.78, 5) is 47.5. The minimum atomic E-state index is -1.13. The Morgan fingerprint density at radius 3 is 2.48 bits per heavy atom. The van der Waals surface area contributed by atoms with E-state index in [9.17, 15) is 24.3 Å². The van der Waals surface area contributed by atoms with E-state index in [2.05, 4.69) is 15.7 Å². The Kier molecular flexibility index (Phi) is 6.03. The van der Waals surface area contributed by atoms with Crippen molar-refractivity contribution in [2.45, 2.75) is 32.4 Å². The van der Waals surface area contributed by atoms with Crippen molar-refractivity contribution in [1.29, 1.82) is 0 Å². The molecule has 1 saturated carbocycles. The molecule has 9 nitrogen and oxygen atoms in total. The lowest BCUT2D eigenvalue weighted by molar-refractivity contribution is -0.105. The molecule has 9 heteroatoms. The van der Waals surface area contributed by atoms with Crippen molar-refractivity contribution in [1.82, 2.24) is 15.1 Å². The standard InChI is InChI=1S/C24H22N4O5/c1-2-28-23(31)21(25-13-29)12-20(27-28)15-5-3-4-14(8-15)16-9-17(11-18(10-16)24(32)33)22(30)26-19-6-7-19/h3-5,8-13,19H,2,6-7H2,1H3,(H,25,29)(H,26,30)(H,32,33). The number of amides is 2. The van der Waals surface area contributed by atoms with Gasteiger partial charge in [0.05, 0.1) is 11.3 Å². The van der Waals surface area contributed by atoms with Gasteiger partial charge in [0.15, 0.2) is 0 Å². The predicted molar refractivity (Wildman–Crippen MR) is 122 cm³/mol. The summed E-state index contributed by atoms with van der Waals surface area (Å²) in [5, 5.41) is 19.2. The van der Waals surface area contributed by atoms with Crippen LogP contribution in [0.3, 0.4) is 0 Å². The summed E-state index contributed by atoms with van der Waals surface area (Å²) in [6, 6.07) is 13.3. The van der Waals surface area contributed by atoms with E-state index in [4.69, 9.17) is 0 Å². The number of aryl methyl sites for hydroxylation is 1. The lowest BCUT2D eigenvalue weighted by Gasteiger charge is -2.11. The monoisotopic (exact) mass is 446 g/mol. The molecule has 4 rings (SSSR count). The van der Waals surface area contributed by atoms with Crippen molar-refractivity contribution >= 4 is 24.0 Å².